The lowest BCUT2D eigenvalue weighted by atomic mass is 9.98. The lowest BCUT2D eigenvalue weighted by molar-refractivity contribution is 0.211. The minimum absolute atomic E-state index is 0.358. The van der Waals surface area contributed by atoms with E-state index >= 15 is 0 Å². The number of allylic oxidation sites excluding steroid dienone is 2. The third-order valence-corrected chi connectivity index (χ3v) is 5.60. The number of hydrogen-bond donors (Lipinski definition) is 1. The Morgan fingerprint density at radius 1 is 1.32 bits per heavy atom. The van der Waals surface area contributed by atoms with Crippen molar-refractivity contribution in [2.75, 3.05) is 13.2 Å². The number of hydrogen-bond acceptors (Lipinski definition) is 4. The molecule has 0 saturated carbocycles. The van der Waals surface area contributed by atoms with Crippen LogP contribution in [0, 0.1) is 0 Å². The van der Waals surface area contributed by atoms with Gasteiger partial charge < -0.3 is 14.2 Å². The Balaban J connectivity index is 3.08. The molecule has 1 rings (SSSR count). The number of unbranched alkanes of at least 4 members (excludes halogenated alkanes) is 1. The first-order chi connectivity index (χ1) is 10.5. The minimum atomic E-state index is -3.20. The Bertz CT molecular complexity index is 418. The predicted molar refractivity (Wildman–Crippen MR) is 91.0 cm³/mol. The molecule has 0 fully saturated rings. The molecular weight excluding hydrogens is 299 g/mol. The van der Waals surface area contributed by atoms with Crippen molar-refractivity contribution in [3.05, 3.63) is 23.0 Å². The zero-order valence-electron chi connectivity index (χ0n) is 14.2. The van der Waals surface area contributed by atoms with Crippen LogP contribution in [0.2, 0.25) is 0 Å². The van der Waals surface area contributed by atoms with Crippen LogP contribution in [0.25, 0.3) is 0 Å². The van der Waals surface area contributed by atoms with Gasteiger partial charge in [0.05, 0.1) is 19.3 Å². The van der Waals surface area contributed by atoms with Crippen molar-refractivity contribution in [2.45, 2.75) is 71.8 Å². The average molecular weight is 330 g/mol. The van der Waals surface area contributed by atoms with Crippen LogP contribution in [0.1, 0.15) is 65.7 Å². The van der Waals surface area contributed by atoms with Crippen molar-refractivity contribution < 1.29 is 18.7 Å². The summed E-state index contributed by atoms with van der Waals surface area (Å²) in [5.74, 6) is 1.69. The topological polar surface area (TPSA) is 55.8 Å². The van der Waals surface area contributed by atoms with Gasteiger partial charge in [-0.3, -0.25) is 4.57 Å². The summed E-state index contributed by atoms with van der Waals surface area (Å²) in [5, 5.41) is 10.0. The predicted octanol–water partition coefficient (Wildman–Crippen LogP) is 5.19. The molecule has 0 saturated heterocycles. The maximum Gasteiger partial charge on any atom is 0.354 e. The zero-order chi connectivity index (χ0) is 16.4. The molecule has 4 nitrogen and oxygen atoms in total. The smallest absolute Gasteiger partial charge is 0.354 e. The molecule has 0 aromatic carbocycles. The van der Waals surface area contributed by atoms with Crippen LogP contribution in [0.3, 0.4) is 0 Å². The third-order valence-electron chi connectivity index (χ3n) is 3.73. The Kier molecular flexibility index (Phi) is 9.27. The van der Waals surface area contributed by atoms with E-state index in [1.54, 1.807) is 5.82 Å². The summed E-state index contributed by atoms with van der Waals surface area (Å²) in [7, 11) is -3.20. The average Bonchev–Trinajstić information content (AvgIpc) is 2.68. The van der Waals surface area contributed by atoms with Crippen molar-refractivity contribution in [3.63, 3.8) is 0 Å². The summed E-state index contributed by atoms with van der Waals surface area (Å²) >= 11 is 0. The van der Waals surface area contributed by atoms with Crippen LogP contribution in [-0.2, 0) is 13.6 Å². The van der Waals surface area contributed by atoms with E-state index in [4.69, 9.17) is 9.05 Å². The number of aliphatic hydroxyl groups is 1. The van der Waals surface area contributed by atoms with Gasteiger partial charge in [-0.05, 0) is 57.1 Å². The van der Waals surface area contributed by atoms with Gasteiger partial charge in [0.2, 0.25) is 0 Å². The molecule has 1 aliphatic carbocycles. The molecular formula is C17H31O4P. The standard InChI is InChI=1S/C17H31O4P/c1-4-7-10-16(14-22(19,20-5-2)21-6-3)15-11-8-9-12-17(18)13-15/h13-14,17-18H,4-12H2,1-3H3/b16-14+. The molecule has 0 radical (unpaired) electrons. The summed E-state index contributed by atoms with van der Waals surface area (Å²) in [6.45, 7) is 6.49. The van der Waals surface area contributed by atoms with Gasteiger partial charge in [-0.2, -0.15) is 0 Å². The summed E-state index contributed by atoms with van der Waals surface area (Å²) < 4.78 is 23.6. The fraction of sp³-hybridized carbons (Fsp3) is 0.765. The zero-order valence-corrected chi connectivity index (χ0v) is 15.1. The lowest BCUT2D eigenvalue weighted by Gasteiger charge is -2.17. The Hall–Kier alpha value is -0.410. The van der Waals surface area contributed by atoms with Crippen molar-refractivity contribution in [2.24, 2.45) is 0 Å². The Labute approximate surface area is 135 Å². The Morgan fingerprint density at radius 3 is 2.59 bits per heavy atom. The lowest BCUT2D eigenvalue weighted by Crippen LogP contribution is -2.02. The maximum absolute atomic E-state index is 12.8. The van der Waals surface area contributed by atoms with Gasteiger partial charge in [-0.25, -0.2) is 0 Å². The first kappa shape index (κ1) is 19.6. The second-order valence-electron chi connectivity index (χ2n) is 5.64. The first-order valence-corrected chi connectivity index (χ1v) is 10.2. The molecule has 22 heavy (non-hydrogen) atoms. The maximum atomic E-state index is 12.8. The minimum Gasteiger partial charge on any atom is -0.389 e. The number of aliphatic hydroxyl groups excluding tert-OH is 1. The summed E-state index contributed by atoms with van der Waals surface area (Å²) in [5.41, 5.74) is 2.13. The van der Waals surface area contributed by atoms with Crippen molar-refractivity contribution in [1.82, 2.24) is 0 Å². The molecule has 1 unspecified atom stereocenters. The normalized spacial score (nSPS) is 20.6. The molecule has 0 aromatic heterocycles. The van der Waals surface area contributed by atoms with E-state index in [-0.39, 0.29) is 0 Å². The second-order valence-corrected chi connectivity index (χ2v) is 7.49. The molecule has 128 valence electrons. The Morgan fingerprint density at radius 2 is 2.00 bits per heavy atom. The van der Waals surface area contributed by atoms with Crippen LogP contribution in [0.15, 0.2) is 23.0 Å². The van der Waals surface area contributed by atoms with E-state index in [2.05, 4.69) is 6.92 Å². The van der Waals surface area contributed by atoms with Crippen molar-refractivity contribution in [3.8, 4) is 0 Å². The quantitative estimate of drug-likeness (QED) is 0.591. The van der Waals surface area contributed by atoms with Crippen LogP contribution in [0.5, 0.6) is 0 Å². The van der Waals surface area contributed by atoms with E-state index in [1.165, 1.54) is 0 Å². The molecule has 1 aliphatic rings. The third kappa shape index (κ3) is 6.78. The van der Waals surface area contributed by atoms with Gasteiger partial charge in [0.1, 0.15) is 0 Å². The van der Waals surface area contributed by atoms with Crippen molar-refractivity contribution >= 4 is 7.60 Å². The highest BCUT2D eigenvalue weighted by Crippen LogP contribution is 2.52. The van der Waals surface area contributed by atoms with Gasteiger partial charge >= 0.3 is 7.60 Å². The largest absolute Gasteiger partial charge is 0.389 e. The molecule has 0 bridgehead atoms. The fourth-order valence-corrected chi connectivity index (χ4v) is 4.29. The first-order valence-electron chi connectivity index (χ1n) is 8.54. The summed E-state index contributed by atoms with van der Waals surface area (Å²) in [4.78, 5) is 0. The van der Waals surface area contributed by atoms with E-state index in [0.29, 0.717) is 13.2 Å². The van der Waals surface area contributed by atoms with Gasteiger partial charge in [0.25, 0.3) is 0 Å². The molecule has 0 spiro atoms. The summed E-state index contributed by atoms with van der Waals surface area (Å²) in [6, 6.07) is 0. The molecule has 0 heterocycles. The molecule has 1 atom stereocenters. The van der Waals surface area contributed by atoms with Gasteiger partial charge in [-0.1, -0.05) is 25.8 Å². The fourth-order valence-electron chi connectivity index (χ4n) is 2.67. The van der Waals surface area contributed by atoms with Crippen LogP contribution in [-0.4, -0.2) is 24.4 Å². The van der Waals surface area contributed by atoms with E-state index < -0.39 is 13.7 Å². The molecule has 5 heteroatoms. The monoisotopic (exact) mass is 330 g/mol. The van der Waals surface area contributed by atoms with Gasteiger partial charge in [-0.15, -0.1) is 0 Å². The van der Waals surface area contributed by atoms with Crippen LogP contribution in [0.4, 0.5) is 0 Å². The summed E-state index contributed by atoms with van der Waals surface area (Å²) in [6.07, 6.45) is 8.27. The number of rotatable bonds is 9. The molecule has 1 N–H and O–H groups in total. The SMILES string of the molecule is CCCC/C(=C\P(=O)(OCC)OCC)C1=CC(O)CCCC1. The second kappa shape index (κ2) is 10.4. The van der Waals surface area contributed by atoms with Gasteiger partial charge in [0, 0.05) is 5.82 Å². The highest BCUT2D eigenvalue weighted by molar-refractivity contribution is 7.57. The highest BCUT2D eigenvalue weighted by Gasteiger charge is 2.23. The van der Waals surface area contributed by atoms with Crippen LogP contribution < -0.4 is 0 Å². The molecule has 0 amide bonds. The highest BCUT2D eigenvalue weighted by atomic mass is 31.2. The molecule has 0 aromatic rings. The van der Waals surface area contributed by atoms with E-state index in [0.717, 1.165) is 56.1 Å². The van der Waals surface area contributed by atoms with Crippen molar-refractivity contribution in [1.29, 1.82) is 0 Å². The van der Waals surface area contributed by atoms with Crippen LogP contribution >= 0.6 is 7.60 Å². The molecule has 0 aliphatic heterocycles. The van der Waals surface area contributed by atoms with E-state index in [1.807, 2.05) is 19.9 Å². The van der Waals surface area contributed by atoms with Gasteiger partial charge in [0.15, 0.2) is 0 Å². The van der Waals surface area contributed by atoms with E-state index in [9.17, 15) is 9.67 Å².